The van der Waals surface area contributed by atoms with Crippen molar-refractivity contribution in [2.45, 2.75) is 12.8 Å². The van der Waals surface area contributed by atoms with E-state index in [4.69, 9.17) is 5.73 Å². The molecule has 0 aromatic heterocycles. The maximum Gasteiger partial charge on any atom is 0.256 e. The number of nitrogens with zero attached hydrogens (tertiary/aromatic N) is 2. The van der Waals surface area contributed by atoms with Crippen molar-refractivity contribution >= 4 is 5.91 Å². The first-order valence-corrected chi connectivity index (χ1v) is 7.29. The summed E-state index contributed by atoms with van der Waals surface area (Å²) in [6.45, 7) is 4.28. The van der Waals surface area contributed by atoms with E-state index in [0.29, 0.717) is 19.6 Å². The van der Waals surface area contributed by atoms with Crippen molar-refractivity contribution in [3.05, 3.63) is 35.4 Å². The van der Waals surface area contributed by atoms with Gasteiger partial charge in [0.1, 0.15) is 0 Å². The van der Waals surface area contributed by atoms with Gasteiger partial charge in [0, 0.05) is 19.6 Å². The predicted octanol–water partition coefficient (Wildman–Crippen LogP) is 1.46. The smallest absolute Gasteiger partial charge is 0.256 e. The van der Waals surface area contributed by atoms with Crippen LogP contribution in [0.25, 0.3) is 0 Å². The predicted molar refractivity (Wildman–Crippen MR) is 77.0 cm³/mol. The normalized spacial score (nSPS) is 16.8. The number of rotatable bonds is 4. The third-order valence-electron chi connectivity index (χ3n) is 3.74. The van der Waals surface area contributed by atoms with Crippen molar-refractivity contribution in [3.8, 4) is 0 Å². The Morgan fingerprint density at radius 3 is 2.76 bits per heavy atom. The quantitative estimate of drug-likeness (QED) is 0.915. The van der Waals surface area contributed by atoms with Crippen LogP contribution in [0.4, 0.5) is 8.78 Å². The molecule has 116 valence electrons. The van der Waals surface area contributed by atoms with Crippen LogP contribution in [0.3, 0.4) is 0 Å². The van der Waals surface area contributed by atoms with Gasteiger partial charge in [0.05, 0.1) is 5.56 Å². The first-order chi connectivity index (χ1) is 10.1. The molecule has 1 amide bonds. The van der Waals surface area contributed by atoms with Crippen molar-refractivity contribution in [2.24, 2.45) is 5.73 Å². The summed E-state index contributed by atoms with van der Waals surface area (Å²) in [5.74, 6) is -2.49. The molecule has 1 saturated heterocycles. The molecule has 0 atom stereocenters. The Kier molecular flexibility index (Phi) is 5.64. The van der Waals surface area contributed by atoms with Gasteiger partial charge in [-0.05, 0) is 44.6 Å². The lowest BCUT2D eigenvalue weighted by Gasteiger charge is -2.22. The van der Waals surface area contributed by atoms with Crippen LogP contribution in [-0.2, 0) is 0 Å². The van der Waals surface area contributed by atoms with Gasteiger partial charge in [-0.3, -0.25) is 4.79 Å². The van der Waals surface area contributed by atoms with Gasteiger partial charge in [-0.2, -0.15) is 0 Å². The molecule has 1 aliphatic heterocycles. The highest BCUT2D eigenvalue weighted by Gasteiger charge is 2.23. The van der Waals surface area contributed by atoms with Gasteiger partial charge >= 0.3 is 0 Å². The zero-order valence-electron chi connectivity index (χ0n) is 12.0. The fourth-order valence-electron chi connectivity index (χ4n) is 2.55. The maximum atomic E-state index is 13.7. The minimum absolute atomic E-state index is 0.189. The summed E-state index contributed by atoms with van der Waals surface area (Å²) >= 11 is 0. The maximum absolute atomic E-state index is 13.7. The van der Waals surface area contributed by atoms with Gasteiger partial charge in [0.15, 0.2) is 11.6 Å². The van der Waals surface area contributed by atoms with Crippen LogP contribution in [0.5, 0.6) is 0 Å². The highest BCUT2D eigenvalue weighted by Crippen LogP contribution is 2.15. The minimum Gasteiger partial charge on any atom is -0.337 e. The van der Waals surface area contributed by atoms with Crippen LogP contribution in [0, 0.1) is 11.6 Å². The van der Waals surface area contributed by atoms with E-state index in [1.807, 2.05) is 0 Å². The van der Waals surface area contributed by atoms with Crippen LogP contribution in [0.15, 0.2) is 18.2 Å². The number of hydrogen-bond donors (Lipinski definition) is 1. The lowest BCUT2D eigenvalue weighted by Crippen LogP contribution is -2.36. The molecule has 1 heterocycles. The second kappa shape index (κ2) is 7.47. The Labute approximate surface area is 123 Å². The van der Waals surface area contributed by atoms with Gasteiger partial charge in [-0.15, -0.1) is 0 Å². The van der Waals surface area contributed by atoms with E-state index in [9.17, 15) is 13.6 Å². The van der Waals surface area contributed by atoms with Gasteiger partial charge in [-0.25, -0.2) is 8.78 Å². The van der Waals surface area contributed by atoms with E-state index >= 15 is 0 Å². The third-order valence-corrected chi connectivity index (χ3v) is 3.74. The fourth-order valence-corrected chi connectivity index (χ4v) is 2.55. The Balaban J connectivity index is 2.01. The van der Waals surface area contributed by atoms with Crippen LogP contribution >= 0.6 is 0 Å². The Morgan fingerprint density at radius 1 is 1.19 bits per heavy atom. The first-order valence-electron chi connectivity index (χ1n) is 7.29. The monoisotopic (exact) mass is 297 g/mol. The summed E-state index contributed by atoms with van der Waals surface area (Å²) in [6.07, 6.45) is 1.75. The van der Waals surface area contributed by atoms with E-state index < -0.39 is 17.5 Å². The van der Waals surface area contributed by atoms with Gasteiger partial charge in [-0.1, -0.05) is 6.07 Å². The lowest BCUT2D eigenvalue weighted by molar-refractivity contribution is 0.0755. The van der Waals surface area contributed by atoms with E-state index in [1.165, 1.54) is 12.1 Å². The average molecular weight is 297 g/mol. The van der Waals surface area contributed by atoms with E-state index in [0.717, 1.165) is 38.5 Å². The zero-order chi connectivity index (χ0) is 15.2. The second-order valence-corrected chi connectivity index (χ2v) is 5.23. The van der Waals surface area contributed by atoms with Crippen molar-refractivity contribution in [3.63, 3.8) is 0 Å². The largest absolute Gasteiger partial charge is 0.337 e. The molecule has 1 aromatic carbocycles. The Morgan fingerprint density at radius 2 is 2.00 bits per heavy atom. The van der Waals surface area contributed by atoms with Crippen molar-refractivity contribution in [2.75, 3.05) is 39.3 Å². The topological polar surface area (TPSA) is 49.6 Å². The summed E-state index contributed by atoms with van der Waals surface area (Å²) in [7, 11) is 0. The molecule has 0 spiro atoms. The third kappa shape index (κ3) is 3.98. The number of benzene rings is 1. The van der Waals surface area contributed by atoms with E-state index in [1.54, 1.807) is 4.90 Å². The highest BCUT2D eigenvalue weighted by molar-refractivity contribution is 5.94. The lowest BCUT2D eigenvalue weighted by atomic mass is 10.1. The molecular formula is C15H21F2N3O. The molecular weight excluding hydrogens is 276 g/mol. The van der Waals surface area contributed by atoms with Gasteiger partial charge in [0.25, 0.3) is 5.91 Å². The molecule has 1 fully saturated rings. The molecule has 0 unspecified atom stereocenters. The summed E-state index contributed by atoms with van der Waals surface area (Å²) in [5, 5.41) is 0. The first kappa shape index (κ1) is 15.9. The number of halogens is 2. The van der Waals surface area contributed by atoms with Crippen LogP contribution in [-0.4, -0.2) is 55.0 Å². The van der Waals surface area contributed by atoms with Crippen molar-refractivity contribution in [1.82, 2.24) is 9.80 Å². The molecule has 4 nitrogen and oxygen atoms in total. The van der Waals surface area contributed by atoms with Crippen molar-refractivity contribution in [1.29, 1.82) is 0 Å². The summed E-state index contributed by atoms with van der Waals surface area (Å²) in [4.78, 5) is 16.2. The number of hydrogen-bond acceptors (Lipinski definition) is 3. The molecule has 1 aromatic rings. The molecule has 1 aliphatic rings. The standard InChI is InChI=1S/C15H21F2N3O/c16-13-5-1-4-12(14(13)17)15(21)20-9-3-8-19(10-11-20)7-2-6-18/h1,4-5H,2-3,6-11,18H2. The van der Waals surface area contributed by atoms with Gasteiger partial charge < -0.3 is 15.5 Å². The number of nitrogens with two attached hydrogens (primary N) is 1. The molecule has 21 heavy (non-hydrogen) atoms. The summed E-state index contributed by atoms with van der Waals surface area (Å²) < 4.78 is 26.9. The summed E-state index contributed by atoms with van der Waals surface area (Å²) in [5.41, 5.74) is 5.31. The Bertz CT molecular complexity index is 496. The molecule has 2 N–H and O–H groups in total. The van der Waals surface area contributed by atoms with E-state index in [2.05, 4.69) is 4.90 Å². The minimum atomic E-state index is -1.06. The zero-order valence-corrected chi connectivity index (χ0v) is 12.0. The van der Waals surface area contributed by atoms with Crippen LogP contribution in [0.1, 0.15) is 23.2 Å². The molecule has 0 aliphatic carbocycles. The van der Waals surface area contributed by atoms with E-state index in [-0.39, 0.29) is 5.56 Å². The molecule has 0 saturated carbocycles. The molecule has 0 radical (unpaired) electrons. The van der Waals surface area contributed by atoms with Crippen LogP contribution in [0.2, 0.25) is 0 Å². The number of carbonyl (C=O) groups is 1. The van der Waals surface area contributed by atoms with Gasteiger partial charge in [0.2, 0.25) is 0 Å². The molecule has 2 rings (SSSR count). The molecule has 0 bridgehead atoms. The number of carbonyl (C=O) groups excluding carboxylic acids is 1. The Hall–Kier alpha value is -1.53. The SMILES string of the molecule is NCCCN1CCCN(C(=O)c2cccc(F)c2F)CC1. The highest BCUT2D eigenvalue weighted by atomic mass is 19.2. The average Bonchev–Trinajstić information content (AvgIpc) is 2.73. The van der Waals surface area contributed by atoms with Crippen molar-refractivity contribution < 1.29 is 13.6 Å². The number of amides is 1. The van der Waals surface area contributed by atoms with Crippen LogP contribution < -0.4 is 5.73 Å². The summed E-state index contributed by atoms with van der Waals surface area (Å²) in [6, 6.07) is 3.71. The second-order valence-electron chi connectivity index (χ2n) is 5.23. The molecule has 6 heteroatoms. The fraction of sp³-hybridized carbons (Fsp3) is 0.533.